The van der Waals surface area contributed by atoms with Crippen molar-refractivity contribution in [2.24, 2.45) is 5.92 Å². The summed E-state index contributed by atoms with van der Waals surface area (Å²) in [5.41, 5.74) is 3.31. The van der Waals surface area contributed by atoms with Crippen LogP contribution in [0.5, 0.6) is 5.75 Å². The number of morpholine rings is 1. The van der Waals surface area contributed by atoms with Crippen LogP contribution in [0.1, 0.15) is 34.1 Å². The van der Waals surface area contributed by atoms with Crippen LogP contribution in [-0.4, -0.2) is 82.1 Å². The number of carbonyl (C=O) groups is 1. The number of ether oxygens (including phenoxy) is 2. The van der Waals surface area contributed by atoms with Crippen molar-refractivity contribution in [3.8, 4) is 28.3 Å². The lowest BCUT2D eigenvalue weighted by Gasteiger charge is -2.35. The monoisotopic (exact) mass is 584 g/mol. The number of hydrogen-bond acceptors (Lipinski definition) is 7. The average molecular weight is 585 g/mol. The van der Waals surface area contributed by atoms with Crippen LogP contribution in [0.4, 0.5) is 0 Å². The standard InChI is InChI=1S/C30H41BN4O5.ClH/c1-21(2)15-29(31(37)38)32-30(36)20-35-28(24-9-6-5-7-10-24)17-27(33-35)25-11-8-12-26(16-25)39-14-13-34-18-22(3)40-23(4)19-34;/h5-12,16-17,21-23,29,37-38H,13-15,18-20H2,1-4H3,(H,32,36);1H. The Bertz CT molecular complexity index is 1230. The molecule has 3 unspecified atom stereocenters. The zero-order valence-corrected chi connectivity index (χ0v) is 25.1. The molecule has 1 fully saturated rings. The molecule has 222 valence electrons. The molecule has 0 spiro atoms. The second-order valence-electron chi connectivity index (χ2n) is 11.0. The van der Waals surface area contributed by atoms with Crippen molar-refractivity contribution < 1.29 is 24.3 Å². The number of amides is 1. The van der Waals surface area contributed by atoms with E-state index in [1.54, 1.807) is 4.68 Å². The van der Waals surface area contributed by atoms with Crippen molar-refractivity contribution >= 4 is 25.4 Å². The third-order valence-electron chi connectivity index (χ3n) is 6.88. The number of nitrogens with one attached hydrogen (secondary N) is 1. The van der Waals surface area contributed by atoms with E-state index in [1.807, 2.05) is 74.5 Å². The fraction of sp³-hybridized carbons (Fsp3) is 0.467. The molecule has 2 aromatic carbocycles. The minimum atomic E-state index is -1.63. The summed E-state index contributed by atoms with van der Waals surface area (Å²) in [4.78, 5) is 15.3. The van der Waals surface area contributed by atoms with E-state index in [4.69, 9.17) is 14.6 Å². The minimum Gasteiger partial charge on any atom is -0.492 e. The summed E-state index contributed by atoms with van der Waals surface area (Å²) in [6.07, 6.45) is 0.895. The van der Waals surface area contributed by atoms with Crippen molar-refractivity contribution in [3.05, 3.63) is 60.7 Å². The van der Waals surface area contributed by atoms with Gasteiger partial charge in [-0.1, -0.05) is 56.3 Å². The molecule has 2 heterocycles. The van der Waals surface area contributed by atoms with Gasteiger partial charge in [-0.25, -0.2) is 0 Å². The Morgan fingerprint density at radius 2 is 1.76 bits per heavy atom. The third-order valence-corrected chi connectivity index (χ3v) is 6.88. The molecular formula is C30H42BClN4O5. The van der Waals surface area contributed by atoms with Crippen molar-refractivity contribution in [1.29, 1.82) is 0 Å². The summed E-state index contributed by atoms with van der Waals surface area (Å²) in [5.74, 6) is -0.137. The van der Waals surface area contributed by atoms with E-state index in [9.17, 15) is 14.8 Å². The number of hydrogen-bond donors (Lipinski definition) is 3. The quantitative estimate of drug-likeness (QED) is 0.279. The number of carbonyl (C=O) groups excluding carboxylic acids is 1. The molecule has 1 aliphatic rings. The Morgan fingerprint density at radius 1 is 1.07 bits per heavy atom. The summed E-state index contributed by atoms with van der Waals surface area (Å²) in [6, 6.07) is 19.5. The third kappa shape index (κ3) is 9.58. The molecule has 9 nitrogen and oxygen atoms in total. The Morgan fingerprint density at radius 3 is 2.41 bits per heavy atom. The van der Waals surface area contributed by atoms with Gasteiger partial charge in [0.15, 0.2) is 0 Å². The molecule has 1 amide bonds. The van der Waals surface area contributed by atoms with E-state index in [2.05, 4.69) is 24.1 Å². The largest absolute Gasteiger partial charge is 0.492 e. The van der Waals surface area contributed by atoms with Gasteiger partial charge in [0.25, 0.3) is 0 Å². The molecule has 0 saturated carbocycles. The van der Waals surface area contributed by atoms with Crippen LogP contribution in [0.15, 0.2) is 60.7 Å². The second kappa shape index (κ2) is 15.4. The topological polar surface area (TPSA) is 109 Å². The van der Waals surface area contributed by atoms with Crippen LogP contribution in [-0.2, 0) is 16.1 Å². The Balaban J connectivity index is 0.00000462. The molecule has 1 aromatic heterocycles. The SMILES string of the molecule is CC(C)CC(NC(=O)Cn1nc(-c2cccc(OCCN3CC(C)OC(C)C3)c2)cc1-c1ccccc1)B(O)O.Cl. The molecule has 0 bridgehead atoms. The number of halogens is 1. The minimum absolute atomic E-state index is 0. The molecule has 3 N–H and O–H groups in total. The van der Waals surface area contributed by atoms with Gasteiger partial charge in [0.2, 0.25) is 5.91 Å². The van der Waals surface area contributed by atoms with Gasteiger partial charge in [0.1, 0.15) is 18.9 Å². The normalized spacial score (nSPS) is 18.0. The molecule has 4 rings (SSSR count). The first kappa shape index (κ1) is 32.6. The summed E-state index contributed by atoms with van der Waals surface area (Å²) in [7, 11) is -1.63. The number of aromatic nitrogens is 2. The van der Waals surface area contributed by atoms with Gasteiger partial charge in [-0.2, -0.15) is 5.10 Å². The van der Waals surface area contributed by atoms with Gasteiger partial charge in [-0.15, -0.1) is 12.4 Å². The molecule has 0 aliphatic carbocycles. The fourth-order valence-corrected chi connectivity index (χ4v) is 5.18. The highest BCUT2D eigenvalue weighted by Crippen LogP contribution is 2.28. The van der Waals surface area contributed by atoms with Crippen molar-refractivity contribution in [3.63, 3.8) is 0 Å². The first-order chi connectivity index (χ1) is 19.2. The van der Waals surface area contributed by atoms with Crippen molar-refractivity contribution in [2.75, 3.05) is 26.2 Å². The molecule has 3 atom stereocenters. The summed E-state index contributed by atoms with van der Waals surface area (Å²) < 4.78 is 13.6. The first-order valence-corrected chi connectivity index (χ1v) is 14.1. The van der Waals surface area contributed by atoms with E-state index in [0.29, 0.717) is 18.7 Å². The molecule has 3 aromatic rings. The highest BCUT2D eigenvalue weighted by Gasteiger charge is 2.27. The maximum atomic E-state index is 13.0. The lowest BCUT2D eigenvalue weighted by Crippen LogP contribution is -2.48. The van der Waals surface area contributed by atoms with Crippen molar-refractivity contribution in [1.82, 2.24) is 20.0 Å². The maximum absolute atomic E-state index is 13.0. The molecular weight excluding hydrogens is 543 g/mol. The Kier molecular flexibility index (Phi) is 12.2. The van der Waals surface area contributed by atoms with Gasteiger partial charge in [-0.05, 0) is 49.9 Å². The first-order valence-electron chi connectivity index (χ1n) is 14.1. The van der Waals surface area contributed by atoms with E-state index in [-0.39, 0.29) is 43.0 Å². The zero-order chi connectivity index (χ0) is 28.6. The average Bonchev–Trinajstić information content (AvgIpc) is 3.32. The van der Waals surface area contributed by atoms with E-state index in [0.717, 1.165) is 42.2 Å². The van der Waals surface area contributed by atoms with E-state index in [1.165, 1.54) is 0 Å². The van der Waals surface area contributed by atoms with E-state index < -0.39 is 13.1 Å². The summed E-state index contributed by atoms with van der Waals surface area (Å²) >= 11 is 0. The Labute approximate surface area is 249 Å². The number of nitrogens with zero attached hydrogens (tertiary/aromatic N) is 3. The van der Waals surface area contributed by atoms with Crippen LogP contribution in [0, 0.1) is 5.92 Å². The van der Waals surface area contributed by atoms with Gasteiger partial charge >= 0.3 is 7.12 Å². The summed E-state index contributed by atoms with van der Waals surface area (Å²) in [6.45, 7) is 11.3. The van der Waals surface area contributed by atoms with Gasteiger partial charge < -0.3 is 24.8 Å². The Hall–Kier alpha value is -2.89. The van der Waals surface area contributed by atoms with Crippen LogP contribution in [0.25, 0.3) is 22.5 Å². The van der Waals surface area contributed by atoms with Gasteiger partial charge in [0, 0.05) is 25.2 Å². The molecule has 41 heavy (non-hydrogen) atoms. The number of rotatable bonds is 12. The molecule has 1 aliphatic heterocycles. The molecule has 11 heteroatoms. The van der Waals surface area contributed by atoms with Crippen LogP contribution in [0.3, 0.4) is 0 Å². The van der Waals surface area contributed by atoms with Gasteiger partial charge in [-0.3, -0.25) is 14.4 Å². The smallest absolute Gasteiger partial charge is 0.475 e. The van der Waals surface area contributed by atoms with Crippen LogP contribution < -0.4 is 10.1 Å². The molecule has 1 saturated heterocycles. The second-order valence-corrected chi connectivity index (χ2v) is 11.0. The zero-order valence-electron chi connectivity index (χ0n) is 24.3. The predicted molar refractivity (Wildman–Crippen MR) is 164 cm³/mol. The highest BCUT2D eigenvalue weighted by atomic mass is 35.5. The van der Waals surface area contributed by atoms with Crippen LogP contribution in [0.2, 0.25) is 0 Å². The van der Waals surface area contributed by atoms with E-state index >= 15 is 0 Å². The lowest BCUT2D eigenvalue weighted by molar-refractivity contribution is -0.122. The lowest BCUT2D eigenvalue weighted by atomic mass is 9.75. The summed E-state index contributed by atoms with van der Waals surface area (Å²) in [5, 5.41) is 27.0. The van der Waals surface area contributed by atoms with Crippen molar-refractivity contribution in [2.45, 2.75) is 58.8 Å². The predicted octanol–water partition coefficient (Wildman–Crippen LogP) is 3.67. The highest BCUT2D eigenvalue weighted by molar-refractivity contribution is 6.43. The van der Waals surface area contributed by atoms with Gasteiger partial charge in [0.05, 0.1) is 29.5 Å². The van der Waals surface area contributed by atoms with Crippen LogP contribution >= 0.6 is 12.4 Å². The number of benzene rings is 2. The molecule has 0 radical (unpaired) electrons. The fourth-order valence-electron chi connectivity index (χ4n) is 5.18. The maximum Gasteiger partial charge on any atom is 0.475 e.